The minimum absolute atomic E-state index is 0.785. The normalized spacial score (nSPS) is 11.4. The molecule has 0 aliphatic rings. The molecule has 0 saturated heterocycles. The highest BCUT2D eigenvalue weighted by molar-refractivity contribution is 6.31. The van der Waals surface area contributed by atoms with Crippen LogP contribution < -0.4 is 0 Å². The fourth-order valence-corrected chi connectivity index (χ4v) is 3.96. The minimum atomic E-state index is 0.785. The van der Waals surface area contributed by atoms with Gasteiger partial charge in [-0.05, 0) is 41.3 Å². The summed E-state index contributed by atoms with van der Waals surface area (Å²) in [6.07, 6.45) is 3.08. The third kappa shape index (κ3) is 4.41. The van der Waals surface area contributed by atoms with E-state index in [2.05, 4.69) is 52.5 Å². The van der Waals surface area contributed by atoms with Crippen LogP contribution in [0.25, 0.3) is 10.9 Å². The molecule has 0 spiro atoms. The van der Waals surface area contributed by atoms with Crippen LogP contribution in [0.3, 0.4) is 0 Å². The van der Waals surface area contributed by atoms with Crippen molar-refractivity contribution in [2.75, 3.05) is 6.54 Å². The third-order valence-electron chi connectivity index (χ3n) is 5.08. The summed E-state index contributed by atoms with van der Waals surface area (Å²) in [4.78, 5) is 5.78. The first-order valence-electron chi connectivity index (χ1n) is 9.45. The van der Waals surface area contributed by atoms with Gasteiger partial charge in [0.15, 0.2) is 0 Å². The molecule has 4 rings (SSSR count). The predicted molar refractivity (Wildman–Crippen MR) is 119 cm³/mol. The molecule has 1 aromatic heterocycles. The number of rotatable bonds is 7. The average Bonchev–Trinajstić information content (AvgIpc) is 3.13. The zero-order chi connectivity index (χ0) is 19.3. The van der Waals surface area contributed by atoms with Gasteiger partial charge in [-0.2, -0.15) is 0 Å². The Labute approximate surface area is 175 Å². The Morgan fingerprint density at radius 2 is 1.25 bits per heavy atom. The summed E-state index contributed by atoms with van der Waals surface area (Å²) >= 11 is 12.8. The maximum Gasteiger partial charge on any atom is 0.0456 e. The van der Waals surface area contributed by atoms with E-state index < -0.39 is 0 Å². The largest absolute Gasteiger partial charge is 0.361 e. The van der Waals surface area contributed by atoms with Crippen LogP contribution in [0.2, 0.25) is 10.0 Å². The van der Waals surface area contributed by atoms with Crippen molar-refractivity contribution in [1.29, 1.82) is 0 Å². The van der Waals surface area contributed by atoms with E-state index in [-0.39, 0.29) is 0 Å². The van der Waals surface area contributed by atoms with Gasteiger partial charge in [-0.3, -0.25) is 4.90 Å². The Balaban J connectivity index is 1.55. The van der Waals surface area contributed by atoms with Crippen LogP contribution in [0, 0.1) is 0 Å². The lowest BCUT2D eigenvalue weighted by atomic mass is 10.1. The Hall–Kier alpha value is -2.26. The number of hydrogen-bond donors (Lipinski definition) is 1. The number of halogens is 2. The van der Waals surface area contributed by atoms with Crippen molar-refractivity contribution in [3.05, 3.63) is 106 Å². The van der Waals surface area contributed by atoms with E-state index in [4.69, 9.17) is 23.2 Å². The average molecular weight is 409 g/mol. The zero-order valence-corrected chi connectivity index (χ0v) is 17.0. The summed E-state index contributed by atoms with van der Waals surface area (Å²) in [6.45, 7) is 2.48. The lowest BCUT2D eigenvalue weighted by Crippen LogP contribution is -2.25. The molecule has 142 valence electrons. The van der Waals surface area contributed by atoms with E-state index in [1.54, 1.807) is 0 Å². The van der Waals surface area contributed by atoms with Gasteiger partial charge < -0.3 is 4.98 Å². The number of aromatic amines is 1. The second kappa shape index (κ2) is 8.83. The van der Waals surface area contributed by atoms with Crippen LogP contribution in [-0.2, 0) is 19.5 Å². The zero-order valence-electron chi connectivity index (χ0n) is 15.5. The summed E-state index contributed by atoms with van der Waals surface area (Å²) in [7, 11) is 0. The van der Waals surface area contributed by atoms with Crippen LogP contribution in [0.15, 0.2) is 79.0 Å². The molecule has 4 heteroatoms. The molecule has 0 atom stereocenters. The Kier molecular flexibility index (Phi) is 6.01. The molecule has 28 heavy (non-hydrogen) atoms. The van der Waals surface area contributed by atoms with Gasteiger partial charge in [0.1, 0.15) is 0 Å². The lowest BCUT2D eigenvalue weighted by molar-refractivity contribution is 0.260. The van der Waals surface area contributed by atoms with Crippen molar-refractivity contribution < 1.29 is 0 Å². The number of H-pyrrole nitrogens is 1. The van der Waals surface area contributed by atoms with Gasteiger partial charge in [0.2, 0.25) is 0 Å². The number of nitrogens with one attached hydrogen (secondary N) is 1. The number of para-hydroxylation sites is 1. The molecule has 0 radical (unpaired) electrons. The molecule has 0 unspecified atom stereocenters. The number of nitrogens with zero attached hydrogens (tertiary/aromatic N) is 1. The quantitative estimate of drug-likeness (QED) is 0.359. The molecular weight excluding hydrogens is 387 g/mol. The Morgan fingerprint density at radius 1 is 0.679 bits per heavy atom. The molecule has 0 bridgehead atoms. The van der Waals surface area contributed by atoms with Gasteiger partial charge >= 0.3 is 0 Å². The number of hydrogen-bond acceptors (Lipinski definition) is 1. The van der Waals surface area contributed by atoms with Gasteiger partial charge in [-0.15, -0.1) is 0 Å². The van der Waals surface area contributed by atoms with Gasteiger partial charge in [-0.1, -0.05) is 77.8 Å². The third-order valence-corrected chi connectivity index (χ3v) is 5.81. The fourth-order valence-electron chi connectivity index (χ4n) is 3.57. The monoisotopic (exact) mass is 408 g/mol. The van der Waals surface area contributed by atoms with E-state index in [1.807, 2.05) is 36.4 Å². The first-order chi connectivity index (χ1) is 13.7. The van der Waals surface area contributed by atoms with Crippen LogP contribution in [0.4, 0.5) is 0 Å². The smallest absolute Gasteiger partial charge is 0.0456 e. The second-order valence-electron chi connectivity index (χ2n) is 7.00. The maximum absolute atomic E-state index is 6.42. The Morgan fingerprint density at radius 3 is 1.89 bits per heavy atom. The highest BCUT2D eigenvalue weighted by Gasteiger charge is 2.13. The number of benzene rings is 3. The summed E-state index contributed by atoms with van der Waals surface area (Å²) in [6, 6.07) is 24.5. The highest BCUT2D eigenvalue weighted by Crippen LogP contribution is 2.23. The molecule has 0 aliphatic heterocycles. The predicted octanol–water partition coefficient (Wildman–Crippen LogP) is 6.72. The van der Waals surface area contributed by atoms with Crippen LogP contribution in [0.1, 0.15) is 16.7 Å². The molecule has 0 aliphatic carbocycles. The summed E-state index contributed by atoms with van der Waals surface area (Å²) in [5.41, 5.74) is 4.78. The highest BCUT2D eigenvalue weighted by atomic mass is 35.5. The van der Waals surface area contributed by atoms with E-state index in [0.717, 1.165) is 47.2 Å². The second-order valence-corrected chi connectivity index (χ2v) is 7.82. The van der Waals surface area contributed by atoms with Crippen molar-refractivity contribution in [3.8, 4) is 0 Å². The van der Waals surface area contributed by atoms with Crippen molar-refractivity contribution >= 4 is 34.1 Å². The standard InChI is InChI=1S/C24H22Cl2N2/c25-22-10-4-1-7-19(22)16-28(17-20-8-2-5-11-23(20)26)14-13-18-15-27-24-12-6-3-9-21(18)24/h1-12,15,27H,13-14,16-17H2. The summed E-state index contributed by atoms with van der Waals surface area (Å²) < 4.78 is 0. The van der Waals surface area contributed by atoms with Crippen molar-refractivity contribution in [3.63, 3.8) is 0 Å². The molecule has 0 saturated carbocycles. The van der Waals surface area contributed by atoms with Crippen molar-refractivity contribution in [1.82, 2.24) is 9.88 Å². The minimum Gasteiger partial charge on any atom is -0.361 e. The Bertz CT molecular complexity index is 1020. The fraction of sp³-hybridized carbons (Fsp3) is 0.167. The van der Waals surface area contributed by atoms with Crippen LogP contribution >= 0.6 is 23.2 Å². The van der Waals surface area contributed by atoms with E-state index in [9.17, 15) is 0 Å². The van der Waals surface area contributed by atoms with E-state index in [0.29, 0.717) is 0 Å². The van der Waals surface area contributed by atoms with Gasteiger partial charge in [0, 0.05) is 46.8 Å². The topological polar surface area (TPSA) is 19.0 Å². The van der Waals surface area contributed by atoms with Crippen molar-refractivity contribution in [2.45, 2.75) is 19.5 Å². The molecule has 0 amide bonds. The van der Waals surface area contributed by atoms with Gasteiger partial charge in [0.05, 0.1) is 0 Å². The van der Waals surface area contributed by atoms with Gasteiger partial charge in [0.25, 0.3) is 0 Å². The summed E-state index contributed by atoms with van der Waals surface area (Å²) in [5.74, 6) is 0. The first-order valence-corrected chi connectivity index (χ1v) is 10.2. The molecule has 0 fully saturated rings. The number of aromatic nitrogens is 1. The number of fused-ring (bicyclic) bond motifs is 1. The molecule has 4 aromatic rings. The first kappa shape index (κ1) is 19.1. The molecule has 3 aromatic carbocycles. The molecular formula is C24H22Cl2N2. The van der Waals surface area contributed by atoms with Crippen LogP contribution in [0.5, 0.6) is 0 Å². The lowest BCUT2D eigenvalue weighted by Gasteiger charge is -2.23. The van der Waals surface area contributed by atoms with E-state index >= 15 is 0 Å². The van der Waals surface area contributed by atoms with Crippen molar-refractivity contribution in [2.24, 2.45) is 0 Å². The maximum atomic E-state index is 6.42. The molecule has 1 N–H and O–H groups in total. The summed E-state index contributed by atoms with van der Waals surface area (Å²) in [5, 5.41) is 2.90. The van der Waals surface area contributed by atoms with Crippen LogP contribution in [-0.4, -0.2) is 16.4 Å². The van der Waals surface area contributed by atoms with E-state index in [1.165, 1.54) is 16.5 Å². The SMILES string of the molecule is Clc1ccccc1CN(CCc1c[nH]c2ccccc12)Cc1ccccc1Cl. The van der Waals surface area contributed by atoms with Gasteiger partial charge in [-0.25, -0.2) is 0 Å². The molecule has 2 nitrogen and oxygen atoms in total. The molecule has 1 heterocycles.